The average molecular weight is 703 g/mol. The van der Waals surface area contributed by atoms with Crippen molar-refractivity contribution in [2.75, 3.05) is 39.0 Å². The number of nitrogens with two attached hydrogens (primary N) is 1. The molecule has 1 saturated heterocycles. The number of rotatable bonds is 10. The van der Waals surface area contributed by atoms with Crippen LogP contribution in [0.5, 0.6) is 5.75 Å². The van der Waals surface area contributed by atoms with Crippen LogP contribution in [-0.2, 0) is 26.0 Å². The van der Waals surface area contributed by atoms with Crippen LogP contribution in [0.15, 0.2) is 101 Å². The lowest BCUT2D eigenvalue weighted by Crippen LogP contribution is -2.54. The maximum absolute atomic E-state index is 14.3. The number of nitrogens with one attached hydrogen (secondary N) is 1. The van der Waals surface area contributed by atoms with Crippen LogP contribution in [0, 0.1) is 11.6 Å². The Morgan fingerprint density at radius 1 is 0.960 bits per heavy atom. The summed E-state index contributed by atoms with van der Waals surface area (Å²) in [6.45, 7) is -1.09. The third-order valence-electron chi connectivity index (χ3n) is 8.28. The summed E-state index contributed by atoms with van der Waals surface area (Å²) in [4.78, 5) is 46.7. The number of ether oxygens (including phenoxy) is 1. The number of sulfonamides is 1. The molecule has 0 spiro atoms. The van der Waals surface area contributed by atoms with Crippen LogP contribution in [0.4, 0.5) is 14.5 Å². The highest BCUT2D eigenvalue weighted by molar-refractivity contribution is 7.89. The second kappa shape index (κ2) is 14.1. The minimum Gasteiger partial charge on any atom is -0.497 e. The minimum absolute atomic E-state index is 0.0203. The molecule has 258 valence electrons. The molecule has 1 aliphatic rings. The van der Waals surface area contributed by atoms with Crippen molar-refractivity contribution < 1.29 is 31.5 Å². The largest absolute Gasteiger partial charge is 0.497 e. The average Bonchev–Trinajstić information content (AvgIpc) is 3.08. The quantitative estimate of drug-likeness (QED) is 0.210. The number of para-hydroxylation sites is 1. The number of carbonyl (C=O) groups excluding carboxylic acids is 2. The molecule has 50 heavy (non-hydrogen) atoms. The molecule has 0 radical (unpaired) electrons. The van der Waals surface area contributed by atoms with Gasteiger partial charge < -0.3 is 20.7 Å². The smallest absolute Gasteiger partial charge is 0.266 e. The molecule has 0 saturated carbocycles. The van der Waals surface area contributed by atoms with Gasteiger partial charge in [0, 0.05) is 31.3 Å². The van der Waals surface area contributed by atoms with Gasteiger partial charge in [0.25, 0.3) is 5.56 Å². The number of amides is 2. The van der Waals surface area contributed by atoms with Crippen molar-refractivity contribution in [3.05, 3.63) is 124 Å². The van der Waals surface area contributed by atoms with E-state index in [-0.39, 0.29) is 35.8 Å². The molecule has 2 heterocycles. The Balaban J connectivity index is 1.32. The molecule has 0 unspecified atom stereocenters. The Labute approximate surface area is 285 Å². The second-order valence-corrected chi connectivity index (χ2v) is 13.6. The first-order valence-electron chi connectivity index (χ1n) is 15.5. The van der Waals surface area contributed by atoms with E-state index in [0.29, 0.717) is 28.0 Å². The summed E-state index contributed by atoms with van der Waals surface area (Å²) in [5, 5.41) is 3.11. The molecule has 12 nitrogen and oxygen atoms in total. The molecular formula is C35H32F2N6O6S. The zero-order valence-electron chi connectivity index (χ0n) is 26.8. The maximum atomic E-state index is 14.3. The zero-order chi connectivity index (χ0) is 35.6. The van der Waals surface area contributed by atoms with Crippen molar-refractivity contribution >= 4 is 38.4 Å². The van der Waals surface area contributed by atoms with Crippen molar-refractivity contribution in [3.8, 4) is 11.4 Å². The fourth-order valence-electron chi connectivity index (χ4n) is 5.80. The van der Waals surface area contributed by atoms with Crippen LogP contribution < -0.4 is 21.3 Å². The Morgan fingerprint density at radius 2 is 1.64 bits per heavy atom. The van der Waals surface area contributed by atoms with E-state index in [9.17, 15) is 31.6 Å². The van der Waals surface area contributed by atoms with Gasteiger partial charge in [-0.15, -0.1) is 0 Å². The zero-order valence-corrected chi connectivity index (χ0v) is 27.6. The van der Waals surface area contributed by atoms with Crippen LogP contribution in [0.25, 0.3) is 16.6 Å². The van der Waals surface area contributed by atoms with Crippen LogP contribution >= 0.6 is 0 Å². The number of carbonyl (C=O) groups is 2. The molecule has 6 rings (SSSR count). The van der Waals surface area contributed by atoms with E-state index in [2.05, 4.69) is 5.32 Å². The molecule has 2 amide bonds. The maximum Gasteiger partial charge on any atom is 0.266 e. The van der Waals surface area contributed by atoms with Crippen molar-refractivity contribution in [2.45, 2.75) is 17.4 Å². The van der Waals surface area contributed by atoms with E-state index >= 15 is 0 Å². The SMILES string of the molecule is COc1ccc(-n2c([C@H](Cc3cc(F)cc(F)c3)NC(=O)CN3CCN(S(=O)(=O)c4ccc(N)cc4)CC3=O)nc3ccccc3c2=O)cc1. The van der Waals surface area contributed by atoms with Gasteiger partial charge in [0.15, 0.2) is 0 Å². The summed E-state index contributed by atoms with van der Waals surface area (Å²) in [7, 11) is -2.50. The van der Waals surface area contributed by atoms with Crippen LogP contribution in [0.2, 0.25) is 0 Å². The Bertz CT molecular complexity index is 2230. The normalized spacial score (nSPS) is 14.5. The second-order valence-electron chi connectivity index (χ2n) is 11.7. The monoisotopic (exact) mass is 702 g/mol. The molecule has 5 aromatic rings. The number of nitrogen functional groups attached to an aromatic ring is 1. The highest BCUT2D eigenvalue weighted by atomic mass is 32.2. The van der Waals surface area contributed by atoms with E-state index in [4.69, 9.17) is 15.5 Å². The topological polar surface area (TPSA) is 157 Å². The molecule has 15 heteroatoms. The van der Waals surface area contributed by atoms with E-state index in [0.717, 1.165) is 22.5 Å². The van der Waals surface area contributed by atoms with Gasteiger partial charge in [-0.3, -0.25) is 19.0 Å². The van der Waals surface area contributed by atoms with Crippen LogP contribution in [0.1, 0.15) is 17.4 Å². The number of methoxy groups -OCH3 is 1. The first-order valence-corrected chi connectivity index (χ1v) is 16.9. The number of piperazine rings is 1. The number of aromatic nitrogens is 2. The van der Waals surface area contributed by atoms with Crippen molar-refractivity contribution in [2.24, 2.45) is 0 Å². The molecule has 3 N–H and O–H groups in total. The van der Waals surface area contributed by atoms with Gasteiger partial charge in [-0.25, -0.2) is 22.2 Å². The Kier molecular flexibility index (Phi) is 9.61. The van der Waals surface area contributed by atoms with Crippen LogP contribution in [0.3, 0.4) is 0 Å². The van der Waals surface area contributed by atoms with Gasteiger partial charge in [0.2, 0.25) is 21.8 Å². The lowest BCUT2D eigenvalue weighted by atomic mass is 10.0. The highest BCUT2D eigenvalue weighted by Gasteiger charge is 2.34. The molecule has 1 aliphatic heterocycles. The molecule has 0 aliphatic carbocycles. The summed E-state index contributed by atoms with van der Waals surface area (Å²) in [5.74, 6) is -2.33. The first kappa shape index (κ1) is 34.2. The van der Waals surface area contributed by atoms with Crippen molar-refractivity contribution in [1.29, 1.82) is 0 Å². The summed E-state index contributed by atoms with van der Waals surface area (Å²) in [6.07, 6.45) is -0.178. The minimum atomic E-state index is -4.00. The molecule has 4 aromatic carbocycles. The number of hydrogen-bond donors (Lipinski definition) is 2. The molecule has 1 aromatic heterocycles. The predicted molar refractivity (Wildman–Crippen MR) is 181 cm³/mol. The lowest BCUT2D eigenvalue weighted by Gasteiger charge is -2.33. The number of benzene rings is 4. The van der Waals surface area contributed by atoms with Gasteiger partial charge in [-0.05, 0) is 78.4 Å². The number of nitrogens with zero attached hydrogens (tertiary/aromatic N) is 4. The molecular weight excluding hydrogens is 670 g/mol. The molecule has 0 bridgehead atoms. The number of anilines is 1. The van der Waals surface area contributed by atoms with Gasteiger partial charge in [0.1, 0.15) is 23.2 Å². The Morgan fingerprint density at radius 3 is 2.30 bits per heavy atom. The summed E-state index contributed by atoms with van der Waals surface area (Å²) in [6, 6.07) is 20.6. The highest BCUT2D eigenvalue weighted by Crippen LogP contribution is 2.25. The number of fused-ring (bicyclic) bond motifs is 1. The number of halogens is 2. The predicted octanol–water partition coefficient (Wildman–Crippen LogP) is 3.19. The standard InChI is InChI=1S/C35H32F2N6O6S/c1-49-27-10-8-26(9-11-27)43-34(40-30-5-3-2-4-29(30)35(43)46)31(18-22-16-23(36)19-24(37)17-22)39-32(44)20-41-14-15-42(21-33(41)45)50(47,48)28-12-6-25(38)7-13-28/h2-13,16-17,19,31H,14-15,18,20-21,38H2,1H3,(H,39,44)/t31-/m0/s1. The summed E-state index contributed by atoms with van der Waals surface area (Å²) < 4.78 is 62.5. The third-order valence-corrected chi connectivity index (χ3v) is 10.1. The first-order chi connectivity index (χ1) is 23.9. The van der Waals surface area contributed by atoms with Gasteiger partial charge >= 0.3 is 0 Å². The summed E-state index contributed by atoms with van der Waals surface area (Å²) >= 11 is 0. The van der Waals surface area contributed by atoms with Gasteiger partial charge in [-0.2, -0.15) is 4.31 Å². The van der Waals surface area contributed by atoms with Crippen LogP contribution in [-0.4, -0.2) is 72.3 Å². The summed E-state index contributed by atoms with van der Waals surface area (Å²) in [5.41, 5.74) is 6.51. The number of hydrogen-bond acceptors (Lipinski definition) is 8. The van der Waals surface area contributed by atoms with E-state index < -0.39 is 58.2 Å². The van der Waals surface area contributed by atoms with E-state index in [1.54, 1.807) is 48.5 Å². The van der Waals surface area contributed by atoms with Gasteiger partial charge in [0.05, 0.1) is 47.7 Å². The van der Waals surface area contributed by atoms with Crippen molar-refractivity contribution in [1.82, 2.24) is 24.1 Å². The lowest BCUT2D eigenvalue weighted by molar-refractivity contribution is -0.138. The molecule has 1 atom stereocenters. The fourth-order valence-corrected chi connectivity index (χ4v) is 7.18. The van der Waals surface area contributed by atoms with E-state index in [1.807, 2.05) is 0 Å². The molecule has 1 fully saturated rings. The van der Waals surface area contributed by atoms with Crippen molar-refractivity contribution in [3.63, 3.8) is 0 Å². The van der Waals surface area contributed by atoms with Gasteiger partial charge in [-0.1, -0.05) is 12.1 Å². The van der Waals surface area contributed by atoms with E-state index in [1.165, 1.54) is 40.8 Å². The fraction of sp³-hybridized carbons (Fsp3) is 0.200. The Hall–Kier alpha value is -5.67. The third kappa shape index (κ3) is 7.18.